The van der Waals surface area contributed by atoms with Crippen LogP contribution in [0.5, 0.6) is 0 Å². The van der Waals surface area contributed by atoms with E-state index in [9.17, 15) is 5.11 Å². The third-order valence-electron chi connectivity index (χ3n) is 5.83. The quantitative estimate of drug-likeness (QED) is 0.553. The van der Waals surface area contributed by atoms with E-state index in [-0.39, 0.29) is 5.92 Å². The molecular weight excluding hydrogens is 360 g/mol. The Hall–Kier alpha value is -3.18. The molecule has 146 valence electrons. The molecule has 0 atom stereocenters. The second-order valence-corrected chi connectivity index (χ2v) is 8.31. The van der Waals surface area contributed by atoms with Crippen LogP contribution in [0.15, 0.2) is 67.0 Å². The molecule has 0 aliphatic heterocycles. The minimum absolute atomic E-state index is 0.227. The molecule has 2 heterocycles. The first kappa shape index (κ1) is 17.9. The molecule has 0 saturated heterocycles. The lowest BCUT2D eigenvalue weighted by molar-refractivity contribution is -0.0335. The number of imidazole rings is 1. The van der Waals surface area contributed by atoms with Gasteiger partial charge in [-0.3, -0.25) is 4.40 Å². The summed E-state index contributed by atoms with van der Waals surface area (Å²) in [5.41, 5.74) is 10.9. The molecule has 3 N–H and O–H groups in total. The van der Waals surface area contributed by atoms with E-state index in [2.05, 4.69) is 53.5 Å². The van der Waals surface area contributed by atoms with E-state index in [1.54, 1.807) is 6.20 Å². The van der Waals surface area contributed by atoms with Crippen molar-refractivity contribution in [1.29, 1.82) is 0 Å². The number of aliphatic hydroxyl groups is 1. The first-order valence-corrected chi connectivity index (χ1v) is 9.98. The third-order valence-corrected chi connectivity index (χ3v) is 5.83. The predicted molar refractivity (Wildman–Crippen MR) is 115 cm³/mol. The fraction of sp³-hybridized carbons (Fsp3) is 0.250. The first-order chi connectivity index (χ1) is 14.0. The van der Waals surface area contributed by atoms with Crippen LogP contribution in [-0.2, 0) is 6.42 Å². The Morgan fingerprint density at radius 3 is 2.45 bits per heavy atom. The van der Waals surface area contributed by atoms with Crippen LogP contribution in [0.25, 0.3) is 16.8 Å². The van der Waals surface area contributed by atoms with Crippen LogP contribution in [0.1, 0.15) is 42.6 Å². The van der Waals surface area contributed by atoms with Gasteiger partial charge in [0.2, 0.25) is 0 Å². The van der Waals surface area contributed by atoms with Gasteiger partial charge in [0.25, 0.3) is 0 Å². The Morgan fingerprint density at radius 2 is 1.76 bits per heavy atom. The molecule has 0 unspecified atom stereocenters. The number of nitrogens with zero attached hydrogens (tertiary/aromatic N) is 3. The summed E-state index contributed by atoms with van der Waals surface area (Å²) in [4.78, 5) is 9.23. The minimum Gasteiger partial charge on any atom is -0.390 e. The van der Waals surface area contributed by atoms with Gasteiger partial charge in [-0.25, -0.2) is 9.97 Å². The lowest BCUT2D eigenvalue weighted by Crippen LogP contribution is -2.40. The molecule has 1 saturated carbocycles. The summed E-state index contributed by atoms with van der Waals surface area (Å²) in [7, 11) is 0. The number of fused-ring (bicyclic) bond motifs is 1. The lowest BCUT2D eigenvalue weighted by Gasteiger charge is -2.40. The largest absolute Gasteiger partial charge is 0.390 e. The van der Waals surface area contributed by atoms with Crippen molar-refractivity contribution in [2.45, 2.75) is 37.7 Å². The van der Waals surface area contributed by atoms with Gasteiger partial charge in [0.1, 0.15) is 22.9 Å². The van der Waals surface area contributed by atoms with Crippen LogP contribution in [0.2, 0.25) is 0 Å². The molecule has 2 aromatic carbocycles. The molecular formula is C24H24N4O. The van der Waals surface area contributed by atoms with Crippen molar-refractivity contribution in [3.05, 3.63) is 83.9 Å². The minimum atomic E-state index is -0.603. The zero-order chi connectivity index (χ0) is 20.0. The van der Waals surface area contributed by atoms with Crippen molar-refractivity contribution in [3.63, 3.8) is 0 Å². The number of nitrogens with two attached hydrogens (primary N) is 1. The van der Waals surface area contributed by atoms with Gasteiger partial charge < -0.3 is 10.8 Å². The Labute approximate surface area is 169 Å². The maximum Gasteiger partial charge on any atom is 0.150 e. The molecule has 2 aromatic heterocycles. The summed E-state index contributed by atoms with van der Waals surface area (Å²) in [5.74, 6) is 1.65. The smallest absolute Gasteiger partial charge is 0.150 e. The highest BCUT2D eigenvalue weighted by Gasteiger charge is 2.41. The summed E-state index contributed by atoms with van der Waals surface area (Å²) in [5, 5.41) is 10.2. The molecule has 29 heavy (non-hydrogen) atoms. The SMILES string of the molecule is CC1(O)CC(c2nc(-c3ccc(Cc4ccccc4)cc3)c3c(N)nccn23)C1. The molecule has 0 radical (unpaired) electrons. The van der Waals surface area contributed by atoms with Crippen LogP contribution >= 0.6 is 0 Å². The van der Waals surface area contributed by atoms with Crippen molar-refractivity contribution in [1.82, 2.24) is 14.4 Å². The van der Waals surface area contributed by atoms with E-state index in [4.69, 9.17) is 10.7 Å². The molecule has 1 aliphatic carbocycles. The molecule has 5 nitrogen and oxygen atoms in total. The normalized spacial score (nSPS) is 21.2. The zero-order valence-electron chi connectivity index (χ0n) is 16.4. The van der Waals surface area contributed by atoms with Crippen LogP contribution < -0.4 is 5.73 Å². The molecule has 4 aromatic rings. The van der Waals surface area contributed by atoms with E-state index in [1.165, 1.54) is 11.1 Å². The first-order valence-electron chi connectivity index (χ1n) is 9.98. The number of hydrogen-bond donors (Lipinski definition) is 2. The molecule has 0 bridgehead atoms. The molecule has 1 fully saturated rings. The average molecular weight is 384 g/mol. The number of rotatable bonds is 4. The molecule has 1 aliphatic rings. The van der Waals surface area contributed by atoms with Crippen LogP contribution in [0, 0.1) is 0 Å². The molecule has 0 spiro atoms. The molecule has 5 heteroatoms. The Bertz CT molecular complexity index is 1150. The van der Waals surface area contributed by atoms with E-state index in [0.29, 0.717) is 18.7 Å². The van der Waals surface area contributed by atoms with Gasteiger partial charge in [-0.1, -0.05) is 54.6 Å². The van der Waals surface area contributed by atoms with Gasteiger partial charge >= 0.3 is 0 Å². The highest BCUT2D eigenvalue weighted by atomic mass is 16.3. The monoisotopic (exact) mass is 384 g/mol. The fourth-order valence-electron chi connectivity index (χ4n) is 4.37. The highest BCUT2D eigenvalue weighted by Crippen LogP contribution is 2.45. The van der Waals surface area contributed by atoms with Crippen LogP contribution in [-0.4, -0.2) is 25.1 Å². The highest BCUT2D eigenvalue weighted by molar-refractivity contribution is 5.85. The second kappa shape index (κ2) is 6.71. The third kappa shape index (κ3) is 3.28. The summed E-state index contributed by atoms with van der Waals surface area (Å²) in [6.07, 6.45) is 5.94. The van der Waals surface area contributed by atoms with Gasteiger partial charge in [0, 0.05) is 23.9 Å². The van der Waals surface area contributed by atoms with E-state index in [0.717, 1.165) is 29.0 Å². The van der Waals surface area contributed by atoms with Crippen LogP contribution in [0.3, 0.4) is 0 Å². The van der Waals surface area contributed by atoms with E-state index < -0.39 is 5.60 Å². The van der Waals surface area contributed by atoms with Crippen molar-refractivity contribution in [3.8, 4) is 11.3 Å². The van der Waals surface area contributed by atoms with E-state index in [1.807, 2.05) is 23.6 Å². The maximum absolute atomic E-state index is 10.2. The number of hydrogen-bond acceptors (Lipinski definition) is 4. The topological polar surface area (TPSA) is 76.4 Å². The Morgan fingerprint density at radius 1 is 1.07 bits per heavy atom. The standard InChI is InChI=1S/C24H24N4O/c1-24(29)14-19(15-24)23-27-20(21-22(25)26-11-12-28(21)23)18-9-7-17(8-10-18)13-16-5-3-2-4-6-16/h2-12,19,29H,13-15H2,1H3,(H2,25,26). The predicted octanol–water partition coefficient (Wildman–Crippen LogP) is 4.20. The summed E-state index contributed by atoms with van der Waals surface area (Å²) in [6.45, 7) is 1.88. The van der Waals surface area contributed by atoms with Crippen molar-refractivity contribution in [2.24, 2.45) is 0 Å². The Kier molecular flexibility index (Phi) is 4.14. The number of anilines is 1. The summed E-state index contributed by atoms with van der Waals surface area (Å²) >= 11 is 0. The van der Waals surface area contributed by atoms with Crippen molar-refractivity contribution >= 4 is 11.3 Å². The molecule has 5 rings (SSSR count). The Balaban J connectivity index is 1.51. The lowest BCUT2D eigenvalue weighted by atomic mass is 9.72. The van der Waals surface area contributed by atoms with Gasteiger partial charge in [0.15, 0.2) is 0 Å². The zero-order valence-corrected chi connectivity index (χ0v) is 16.4. The summed E-state index contributed by atoms with van der Waals surface area (Å²) < 4.78 is 2.04. The van der Waals surface area contributed by atoms with Crippen molar-refractivity contribution < 1.29 is 5.11 Å². The summed E-state index contributed by atoms with van der Waals surface area (Å²) in [6, 6.07) is 19.0. The number of benzene rings is 2. The van der Waals surface area contributed by atoms with Gasteiger partial charge in [0.05, 0.1) is 5.60 Å². The second-order valence-electron chi connectivity index (χ2n) is 8.31. The maximum atomic E-state index is 10.2. The van der Waals surface area contributed by atoms with Gasteiger partial charge in [-0.15, -0.1) is 0 Å². The van der Waals surface area contributed by atoms with E-state index >= 15 is 0 Å². The number of nitrogen functional groups attached to an aromatic ring is 1. The number of aromatic nitrogens is 3. The average Bonchev–Trinajstić information content (AvgIpc) is 3.08. The van der Waals surface area contributed by atoms with Gasteiger partial charge in [-0.05, 0) is 37.3 Å². The molecule has 0 amide bonds. The van der Waals surface area contributed by atoms with Crippen molar-refractivity contribution in [2.75, 3.05) is 5.73 Å². The fourth-order valence-corrected chi connectivity index (χ4v) is 4.37. The van der Waals surface area contributed by atoms with Crippen LogP contribution in [0.4, 0.5) is 5.82 Å². The van der Waals surface area contributed by atoms with Gasteiger partial charge in [-0.2, -0.15) is 0 Å².